The molecule has 0 aliphatic carbocycles. The highest BCUT2D eigenvalue weighted by Crippen LogP contribution is 2.24. The van der Waals surface area contributed by atoms with Gasteiger partial charge in [-0.1, -0.05) is 0 Å². The topological polar surface area (TPSA) is 52.6 Å². The third-order valence-electron chi connectivity index (χ3n) is 4.56. The number of amides is 1. The number of hydrogen-bond donors (Lipinski definition) is 2. The van der Waals surface area contributed by atoms with E-state index in [9.17, 15) is 4.79 Å². The summed E-state index contributed by atoms with van der Waals surface area (Å²) in [6, 6.07) is 0.393. The quantitative estimate of drug-likeness (QED) is 0.768. The largest absolute Gasteiger partial charge is 0.396 e. The summed E-state index contributed by atoms with van der Waals surface area (Å²) >= 11 is 0. The van der Waals surface area contributed by atoms with Crippen molar-refractivity contribution in [2.45, 2.75) is 57.4 Å². The van der Waals surface area contributed by atoms with Crippen LogP contribution in [0.1, 0.15) is 51.4 Å². The summed E-state index contributed by atoms with van der Waals surface area (Å²) in [5.74, 6) is 1.03. The molecule has 0 aromatic carbocycles. The predicted octanol–water partition coefficient (Wildman–Crippen LogP) is 1.53. The zero-order chi connectivity index (χ0) is 13.5. The Labute approximate surface area is 116 Å². The van der Waals surface area contributed by atoms with E-state index in [0.29, 0.717) is 24.3 Å². The van der Waals surface area contributed by atoms with Gasteiger partial charge in [0.05, 0.1) is 0 Å². The van der Waals surface area contributed by atoms with Crippen LogP contribution >= 0.6 is 0 Å². The fourth-order valence-corrected chi connectivity index (χ4v) is 3.43. The molecule has 0 bridgehead atoms. The van der Waals surface area contributed by atoms with Crippen molar-refractivity contribution in [3.05, 3.63) is 0 Å². The van der Waals surface area contributed by atoms with E-state index in [1.54, 1.807) is 0 Å². The lowest BCUT2D eigenvalue weighted by Crippen LogP contribution is -2.36. The summed E-state index contributed by atoms with van der Waals surface area (Å²) in [6.07, 6.45) is 8.31. The van der Waals surface area contributed by atoms with Crippen LogP contribution in [0.5, 0.6) is 0 Å². The molecule has 2 rings (SSSR count). The van der Waals surface area contributed by atoms with Crippen molar-refractivity contribution in [3.8, 4) is 0 Å². The monoisotopic (exact) mass is 268 g/mol. The maximum atomic E-state index is 12.3. The van der Waals surface area contributed by atoms with Gasteiger partial charge >= 0.3 is 0 Å². The molecule has 0 radical (unpaired) electrons. The standard InChI is InChI=1S/C15H28N2O2/c18-11-3-6-14-5-2-10-17(14)15(19)8-7-13-4-1-9-16-12-13/h13-14,16,18H,1-12H2. The van der Waals surface area contributed by atoms with Crippen molar-refractivity contribution in [3.63, 3.8) is 0 Å². The number of carbonyl (C=O) groups excluding carboxylic acids is 1. The Balaban J connectivity index is 1.71. The molecule has 0 spiro atoms. The number of likely N-dealkylation sites (tertiary alicyclic amines) is 1. The molecule has 2 fully saturated rings. The molecule has 1 amide bonds. The maximum Gasteiger partial charge on any atom is 0.222 e. The first kappa shape index (κ1) is 14.8. The van der Waals surface area contributed by atoms with Crippen LogP contribution in [0.2, 0.25) is 0 Å². The lowest BCUT2D eigenvalue weighted by atomic mass is 9.94. The summed E-state index contributed by atoms with van der Waals surface area (Å²) < 4.78 is 0. The van der Waals surface area contributed by atoms with Crippen molar-refractivity contribution in [2.24, 2.45) is 5.92 Å². The zero-order valence-corrected chi connectivity index (χ0v) is 11.9. The number of nitrogens with zero attached hydrogens (tertiary/aromatic N) is 1. The molecule has 2 heterocycles. The van der Waals surface area contributed by atoms with Crippen LogP contribution in [-0.4, -0.2) is 48.2 Å². The van der Waals surface area contributed by atoms with Crippen LogP contribution in [0.3, 0.4) is 0 Å². The van der Waals surface area contributed by atoms with E-state index < -0.39 is 0 Å². The Bertz CT molecular complexity index is 277. The number of piperidine rings is 1. The summed E-state index contributed by atoms with van der Waals surface area (Å²) in [5, 5.41) is 12.3. The highest BCUT2D eigenvalue weighted by atomic mass is 16.3. The molecule has 0 aromatic heterocycles. The van der Waals surface area contributed by atoms with Gasteiger partial charge in [-0.2, -0.15) is 0 Å². The van der Waals surface area contributed by atoms with Gasteiger partial charge in [-0.05, 0) is 64.0 Å². The first-order valence-electron chi connectivity index (χ1n) is 7.92. The second-order valence-corrected chi connectivity index (χ2v) is 6.00. The number of aliphatic hydroxyl groups is 1. The molecule has 2 aliphatic rings. The van der Waals surface area contributed by atoms with Crippen molar-refractivity contribution in [1.29, 1.82) is 0 Å². The number of nitrogens with one attached hydrogen (secondary N) is 1. The molecule has 2 unspecified atom stereocenters. The summed E-state index contributed by atoms with van der Waals surface area (Å²) in [4.78, 5) is 14.4. The van der Waals surface area contributed by atoms with Gasteiger partial charge in [0.2, 0.25) is 5.91 Å². The molecule has 2 aliphatic heterocycles. The molecule has 4 heteroatoms. The van der Waals surface area contributed by atoms with Crippen LogP contribution in [-0.2, 0) is 4.79 Å². The van der Waals surface area contributed by atoms with E-state index in [2.05, 4.69) is 10.2 Å². The van der Waals surface area contributed by atoms with E-state index >= 15 is 0 Å². The van der Waals surface area contributed by atoms with Crippen molar-refractivity contribution >= 4 is 5.91 Å². The third-order valence-corrected chi connectivity index (χ3v) is 4.56. The number of carbonyl (C=O) groups is 1. The average molecular weight is 268 g/mol. The molecule has 2 N–H and O–H groups in total. The van der Waals surface area contributed by atoms with Crippen LogP contribution in [0.25, 0.3) is 0 Å². The fourth-order valence-electron chi connectivity index (χ4n) is 3.43. The third kappa shape index (κ3) is 4.46. The van der Waals surface area contributed by atoms with Gasteiger partial charge in [0, 0.05) is 25.6 Å². The molecule has 110 valence electrons. The lowest BCUT2D eigenvalue weighted by molar-refractivity contribution is -0.132. The zero-order valence-electron chi connectivity index (χ0n) is 11.9. The molecule has 4 nitrogen and oxygen atoms in total. The highest BCUT2D eigenvalue weighted by Gasteiger charge is 2.28. The van der Waals surface area contributed by atoms with E-state index in [1.807, 2.05) is 0 Å². The van der Waals surface area contributed by atoms with Crippen molar-refractivity contribution < 1.29 is 9.90 Å². The molecular formula is C15H28N2O2. The smallest absolute Gasteiger partial charge is 0.222 e. The molecule has 0 aromatic rings. The second-order valence-electron chi connectivity index (χ2n) is 6.00. The Kier molecular flexibility index (Phi) is 6.11. The van der Waals surface area contributed by atoms with Gasteiger partial charge in [-0.15, -0.1) is 0 Å². The summed E-state index contributed by atoms with van der Waals surface area (Å²) in [6.45, 7) is 3.39. The predicted molar refractivity (Wildman–Crippen MR) is 75.9 cm³/mol. The Morgan fingerprint density at radius 3 is 2.89 bits per heavy atom. The number of rotatable bonds is 6. The summed E-state index contributed by atoms with van der Waals surface area (Å²) in [7, 11) is 0. The van der Waals surface area contributed by atoms with E-state index in [1.165, 1.54) is 12.8 Å². The first-order valence-corrected chi connectivity index (χ1v) is 7.92. The minimum atomic E-state index is 0.242. The van der Waals surface area contributed by atoms with E-state index in [0.717, 1.165) is 51.7 Å². The number of hydrogen-bond acceptors (Lipinski definition) is 3. The van der Waals surface area contributed by atoms with Gasteiger partial charge in [0.25, 0.3) is 0 Å². The van der Waals surface area contributed by atoms with Gasteiger partial charge in [0.1, 0.15) is 0 Å². The maximum absolute atomic E-state index is 12.3. The molecule has 19 heavy (non-hydrogen) atoms. The van der Waals surface area contributed by atoms with E-state index in [4.69, 9.17) is 5.11 Å². The summed E-state index contributed by atoms with van der Waals surface area (Å²) in [5.41, 5.74) is 0. The Morgan fingerprint density at radius 1 is 1.26 bits per heavy atom. The molecule has 2 atom stereocenters. The second kappa shape index (κ2) is 7.85. The normalized spacial score (nSPS) is 27.7. The fraction of sp³-hybridized carbons (Fsp3) is 0.933. The average Bonchev–Trinajstić information content (AvgIpc) is 2.92. The first-order chi connectivity index (χ1) is 9.31. The Morgan fingerprint density at radius 2 is 2.16 bits per heavy atom. The van der Waals surface area contributed by atoms with Gasteiger partial charge < -0.3 is 15.3 Å². The minimum Gasteiger partial charge on any atom is -0.396 e. The SMILES string of the molecule is O=C(CCC1CCCNC1)N1CCCC1CCCO. The Hall–Kier alpha value is -0.610. The molecule has 2 saturated heterocycles. The van der Waals surface area contributed by atoms with Crippen LogP contribution in [0, 0.1) is 5.92 Å². The van der Waals surface area contributed by atoms with Crippen LogP contribution in [0.4, 0.5) is 0 Å². The van der Waals surface area contributed by atoms with Crippen molar-refractivity contribution in [2.75, 3.05) is 26.2 Å². The van der Waals surface area contributed by atoms with Gasteiger partial charge in [-0.3, -0.25) is 4.79 Å². The molecule has 0 saturated carbocycles. The minimum absolute atomic E-state index is 0.242. The van der Waals surface area contributed by atoms with E-state index in [-0.39, 0.29) is 6.61 Å². The highest BCUT2D eigenvalue weighted by molar-refractivity contribution is 5.76. The molecular weight excluding hydrogens is 240 g/mol. The van der Waals surface area contributed by atoms with Crippen LogP contribution in [0.15, 0.2) is 0 Å². The van der Waals surface area contributed by atoms with Crippen LogP contribution < -0.4 is 5.32 Å². The van der Waals surface area contributed by atoms with Gasteiger partial charge in [0.15, 0.2) is 0 Å². The number of aliphatic hydroxyl groups excluding tert-OH is 1. The lowest BCUT2D eigenvalue weighted by Gasteiger charge is -2.27. The van der Waals surface area contributed by atoms with Gasteiger partial charge in [-0.25, -0.2) is 0 Å². The van der Waals surface area contributed by atoms with Crippen molar-refractivity contribution in [1.82, 2.24) is 10.2 Å².